The van der Waals surface area contributed by atoms with Crippen LogP contribution in [0.15, 0.2) is 215 Å². The van der Waals surface area contributed by atoms with Gasteiger partial charge in [0.2, 0.25) is 0 Å². The molecule has 0 spiro atoms. The molecule has 0 unspecified atom stereocenters. The van der Waals surface area contributed by atoms with Crippen LogP contribution in [0.3, 0.4) is 0 Å². The molecule has 13 aromatic rings. The number of furan rings is 2. The van der Waals surface area contributed by atoms with E-state index in [-0.39, 0.29) is 5.41 Å². The molecule has 0 aliphatic heterocycles. The Morgan fingerprint density at radius 1 is 0.292 bits per heavy atom. The van der Waals surface area contributed by atoms with Crippen LogP contribution in [-0.4, -0.2) is 0 Å². The van der Waals surface area contributed by atoms with Gasteiger partial charge in [0.1, 0.15) is 22.3 Å². The van der Waals surface area contributed by atoms with Crippen LogP contribution in [0.1, 0.15) is 25.0 Å². The quantitative estimate of drug-likeness (QED) is 0.165. The van der Waals surface area contributed by atoms with E-state index in [0.717, 1.165) is 49.4 Å². The number of rotatable bonds is 4. The summed E-state index contributed by atoms with van der Waals surface area (Å²) < 4.78 is 13.0. The van der Waals surface area contributed by atoms with Crippen LogP contribution in [0.25, 0.3) is 132 Å². The number of benzene rings is 11. The highest BCUT2D eigenvalue weighted by Gasteiger charge is 2.37. The molecule has 304 valence electrons. The third-order valence-corrected chi connectivity index (χ3v) is 14.4. The summed E-state index contributed by atoms with van der Waals surface area (Å²) in [6.07, 6.45) is 0. The van der Waals surface area contributed by atoms with Gasteiger partial charge in [-0.3, -0.25) is 0 Å². The van der Waals surface area contributed by atoms with E-state index in [1.165, 1.54) is 93.5 Å². The summed E-state index contributed by atoms with van der Waals surface area (Å²) in [6, 6.07) is 75.7. The van der Waals surface area contributed by atoms with Gasteiger partial charge in [-0.15, -0.1) is 0 Å². The third kappa shape index (κ3) is 5.23. The molecular weight excluding hydrogens is 789 g/mol. The summed E-state index contributed by atoms with van der Waals surface area (Å²) >= 11 is 0. The lowest BCUT2D eigenvalue weighted by Crippen LogP contribution is -2.16. The van der Waals surface area contributed by atoms with Crippen molar-refractivity contribution in [1.29, 1.82) is 0 Å². The summed E-state index contributed by atoms with van der Waals surface area (Å²) in [5, 5.41) is 11.6. The fourth-order valence-electron chi connectivity index (χ4n) is 11.5. The summed E-state index contributed by atoms with van der Waals surface area (Å²) in [5.41, 5.74) is 18.6. The monoisotopic (exact) mass is 828 g/mol. The largest absolute Gasteiger partial charge is 0.456 e. The fraction of sp³-hybridized carbons (Fsp3) is 0.0476. The van der Waals surface area contributed by atoms with E-state index in [1.807, 2.05) is 12.1 Å². The van der Waals surface area contributed by atoms with Crippen LogP contribution in [-0.2, 0) is 5.41 Å². The zero-order valence-electron chi connectivity index (χ0n) is 35.9. The first-order chi connectivity index (χ1) is 32.0. The zero-order chi connectivity index (χ0) is 43.0. The molecule has 2 heterocycles. The molecule has 0 N–H and O–H groups in total. The molecule has 0 saturated carbocycles. The highest BCUT2D eigenvalue weighted by molar-refractivity contribution is 6.23. The number of para-hydroxylation sites is 1. The molecule has 2 heteroatoms. The van der Waals surface area contributed by atoms with Gasteiger partial charge in [-0.05, 0) is 135 Å². The van der Waals surface area contributed by atoms with Crippen LogP contribution in [0.4, 0.5) is 0 Å². The van der Waals surface area contributed by atoms with Gasteiger partial charge >= 0.3 is 0 Å². The van der Waals surface area contributed by atoms with Crippen molar-refractivity contribution in [1.82, 2.24) is 0 Å². The van der Waals surface area contributed by atoms with Crippen molar-refractivity contribution in [2.24, 2.45) is 0 Å². The molecule has 2 nitrogen and oxygen atoms in total. The first-order valence-electron chi connectivity index (χ1n) is 22.6. The van der Waals surface area contributed by atoms with Gasteiger partial charge in [-0.1, -0.05) is 184 Å². The van der Waals surface area contributed by atoms with E-state index < -0.39 is 0 Å². The minimum atomic E-state index is -0.101. The molecule has 0 radical (unpaired) electrons. The van der Waals surface area contributed by atoms with Gasteiger partial charge in [-0.2, -0.15) is 0 Å². The molecule has 14 rings (SSSR count). The predicted molar refractivity (Wildman–Crippen MR) is 273 cm³/mol. The highest BCUT2D eigenvalue weighted by Crippen LogP contribution is 2.53. The van der Waals surface area contributed by atoms with Crippen molar-refractivity contribution >= 4 is 76.2 Å². The van der Waals surface area contributed by atoms with Crippen LogP contribution in [0.2, 0.25) is 0 Å². The Hall–Kier alpha value is -8.20. The Bertz CT molecular complexity index is 4130. The van der Waals surface area contributed by atoms with E-state index in [0.29, 0.717) is 0 Å². The maximum atomic E-state index is 6.59. The molecule has 2 aromatic heterocycles. The Labute approximate surface area is 375 Å². The lowest BCUT2D eigenvalue weighted by molar-refractivity contribution is 0.662. The first kappa shape index (κ1) is 36.3. The van der Waals surface area contributed by atoms with Crippen molar-refractivity contribution in [2.45, 2.75) is 19.3 Å². The van der Waals surface area contributed by atoms with Gasteiger partial charge in [0.15, 0.2) is 0 Å². The predicted octanol–water partition coefficient (Wildman–Crippen LogP) is 17.9. The molecule has 0 fully saturated rings. The van der Waals surface area contributed by atoms with Crippen molar-refractivity contribution < 1.29 is 8.83 Å². The van der Waals surface area contributed by atoms with Crippen LogP contribution < -0.4 is 0 Å². The topological polar surface area (TPSA) is 26.3 Å². The van der Waals surface area contributed by atoms with E-state index in [2.05, 4.69) is 208 Å². The van der Waals surface area contributed by atoms with Gasteiger partial charge < -0.3 is 8.83 Å². The summed E-state index contributed by atoms with van der Waals surface area (Å²) in [4.78, 5) is 0. The molecule has 65 heavy (non-hydrogen) atoms. The Kier molecular flexibility index (Phi) is 7.49. The second-order valence-electron chi connectivity index (χ2n) is 18.3. The average Bonchev–Trinajstić information content (AvgIpc) is 3.98. The van der Waals surface area contributed by atoms with Crippen molar-refractivity contribution in [3.8, 4) is 55.6 Å². The average molecular weight is 829 g/mol. The van der Waals surface area contributed by atoms with Crippen LogP contribution >= 0.6 is 0 Å². The SMILES string of the molecule is CC1(C)c2ccccc2-c2cccc(-c3ccc(-c4c5ccccc5c(-c5ccc6oc7cc8c(cc7c6c5)oc5ccccc58)c5cc(-c6cccc7ccccc67)ccc45)cc3)c21. The fourth-order valence-corrected chi connectivity index (χ4v) is 11.5. The molecule has 1 aliphatic rings. The maximum Gasteiger partial charge on any atom is 0.136 e. The van der Waals surface area contributed by atoms with Crippen LogP contribution in [0.5, 0.6) is 0 Å². The van der Waals surface area contributed by atoms with Crippen molar-refractivity contribution in [3.05, 3.63) is 217 Å². The molecule has 0 amide bonds. The normalized spacial score (nSPS) is 13.2. The standard InChI is InChI=1S/C63H40O2/c1-63(2)55-23-9-7-16-45(55)50-22-12-21-44(62(50)63)38-25-27-39(28-26-38)60-47-18-5-6-19-48(47)61(54-33-40(29-31-49(54)60)43-20-11-14-37-13-3-4-15-42(37)43)41-30-32-57-51(34-41)53-36-58-52(35-59(53)65-57)46-17-8-10-24-56(46)64-58/h3-36H,1-2H3. The highest BCUT2D eigenvalue weighted by atomic mass is 16.3. The lowest BCUT2D eigenvalue weighted by Gasteiger charge is -2.24. The second kappa shape index (κ2) is 13.4. The molecule has 0 atom stereocenters. The summed E-state index contributed by atoms with van der Waals surface area (Å²) in [5.74, 6) is 0. The zero-order valence-corrected chi connectivity index (χ0v) is 35.9. The molecule has 0 saturated heterocycles. The Balaban J connectivity index is 0.998. The molecule has 0 bridgehead atoms. The number of hydrogen-bond acceptors (Lipinski definition) is 2. The van der Waals surface area contributed by atoms with E-state index in [4.69, 9.17) is 8.83 Å². The third-order valence-electron chi connectivity index (χ3n) is 14.4. The smallest absolute Gasteiger partial charge is 0.136 e. The van der Waals surface area contributed by atoms with E-state index in [1.54, 1.807) is 0 Å². The maximum absolute atomic E-state index is 6.59. The van der Waals surface area contributed by atoms with Crippen LogP contribution in [0, 0.1) is 0 Å². The van der Waals surface area contributed by atoms with E-state index >= 15 is 0 Å². The second-order valence-corrected chi connectivity index (χ2v) is 18.3. The molecular formula is C63H40O2. The molecule has 11 aromatic carbocycles. The van der Waals surface area contributed by atoms with Crippen molar-refractivity contribution in [3.63, 3.8) is 0 Å². The van der Waals surface area contributed by atoms with Gasteiger partial charge in [-0.25, -0.2) is 0 Å². The summed E-state index contributed by atoms with van der Waals surface area (Å²) in [6.45, 7) is 4.74. The minimum Gasteiger partial charge on any atom is -0.456 e. The Morgan fingerprint density at radius 3 is 1.62 bits per heavy atom. The number of hydrogen-bond donors (Lipinski definition) is 0. The number of fused-ring (bicyclic) bond motifs is 12. The van der Waals surface area contributed by atoms with E-state index in [9.17, 15) is 0 Å². The van der Waals surface area contributed by atoms with Gasteiger partial charge in [0, 0.05) is 27.0 Å². The molecule has 1 aliphatic carbocycles. The lowest BCUT2D eigenvalue weighted by atomic mass is 9.78. The Morgan fingerprint density at radius 2 is 0.800 bits per heavy atom. The van der Waals surface area contributed by atoms with Gasteiger partial charge in [0.25, 0.3) is 0 Å². The summed E-state index contributed by atoms with van der Waals surface area (Å²) in [7, 11) is 0. The first-order valence-corrected chi connectivity index (χ1v) is 22.6. The minimum absolute atomic E-state index is 0.101. The van der Waals surface area contributed by atoms with Gasteiger partial charge in [0.05, 0.1) is 0 Å². The van der Waals surface area contributed by atoms with Crippen molar-refractivity contribution in [2.75, 3.05) is 0 Å².